The molecule has 8 nitrogen and oxygen atoms in total. The number of rotatable bonds is 6. The summed E-state index contributed by atoms with van der Waals surface area (Å²) in [5, 5.41) is 10.9. The fourth-order valence-corrected chi connectivity index (χ4v) is 6.54. The number of nitrogens with zero attached hydrogens (tertiary/aromatic N) is 4. The number of hydrogen-bond donors (Lipinski definition) is 1. The third-order valence-electron chi connectivity index (χ3n) is 5.96. The number of imidazole rings is 1. The largest absolute Gasteiger partial charge is 0.487 e. The minimum Gasteiger partial charge on any atom is -0.487 e. The van der Waals surface area contributed by atoms with Gasteiger partial charge in [0.1, 0.15) is 22.8 Å². The van der Waals surface area contributed by atoms with Gasteiger partial charge in [-0.05, 0) is 37.6 Å². The zero-order valence-corrected chi connectivity index (χ0v) is 21.1. The van der Waals surface area contributed by atoms with Crippen molar-refractivity contribution in [1.29, 1.82) is 0 Å². The molecule has 1 fully saturated rings. The lowest BCUT2D eigenvalue weighted by atomic mass is 10.1. The van der Waals surface area contributed by atoms with Crippen LogP contribution in [0.15, 0.2) is 60.0 Å². The van der Waals surface area contributed by atoms with E-state index in [9.17, 15) is 13.5 Å². The first-order chi connectivity index (χ1) is 16.8. The lowest BCUT2D eigenvalue weighted by molar-refractivity contribution is 0.189. The first-order valence-corrected chi connectivity index (χ1v) is 13.1. The van der Waals surface area contributed by atoms with E-state index in [4.69, 9.17) is 27.9 Å². The maximum absolute atomic E-state index is 13.1. The maximum Gasteiger partial charge on any atom is 0.244 e. The van der Waals surface area contributed by atoms with Gasteiger partial charge in [-0.2, -0.15) is 4.31 Å². The molecule has 2 aromatic heterocycles. The fraction of sp³-hybridized carbons (Fsp3) is 0.250. The average Bonchev–Trinajstić information content (AvgIpc) is 3.51. The van der Waals surface area contributed by atoms with Gasteiger partial charge in [0.15, 0.2) is 0 Å². The van der Waals surface area contributed by atoms with E-state index in [1.807, 2.05) is 35.9 Å². The third kappa shape index (κ3) is 4.50. The quantitative estimate of drug-likeness (QED) is 0.396. The molecule has 3 heterocycles. The molecule has 0 saturated carbocycles. The Balaban J connectivity index is 1.50. The molecule has 0 radical (unpaired) electrons. The van der Waals surface area contributed by atoms with E-state index in [2.05, 4.69) is 9.97 Å². The average molecular weight is 533 g/mol. The number of sulfonamides is 1. The zero-order chi connectivity index (χ0) is 24.7. The summed E-state index contributed by atoms with van der Waals surface area (Å²) >= 11 is 13.0. The first-order valence-electron chi connectivity index (χ1n) is 10.9. The predicted molar refractivity (Wildman–Crippen MR) is 134 cm³/mol. The van der Waals surface area contributed by atoms with Crippen LogP contribution >= 0.6 is 23.2 Å². The van der Waals surface area contributed by atoms with Gasteiger partial charge in [-0.1, -0.05) is 35.3 Å². The van der Waals surface area contributed by atoms with Gasteiger partial charge in [-0.3, -0.25) is 0 Å². The van der Waals surface area contributed by atoms with E-state index < -0.39 is 16.1 Å². The Morgan fingerprint density at radius 2 is 2.06 bits per heavy atom. The molecule has 5 rings (SSSR count). The van der Waals surface area contributed by atoms with Crippen LogP contribution in [-0.4, -0.2) is 51.6 Å². The van der Waals surface area contributed by atoms with Crippen molar-refractivity contribution in [2.45, 2.75) is 31.0 Å². The van der Waals surface area contributed by atoms with Crippen molar-refractivity contribution in [3.8, 4) is 11.4 Å². The highest BCUT2D eigenvalue weighted by atomic mass is 35.5. The Hall–Kier alpha value is -2.69. The summed E-state index contributed by atoms with van der Waals surface area (Å²) in [5.41, 5.74) is 2.72. The number of pyridine rings is 1. The van der Waals surface area contributed by atoms with Gasteiger partial charge >= 0.3 is 0 Å². The van der Waals surface area contributed by atoms with Crippen LogP contribution in [0.4, 0.5) is 0 Å². The van der Waals surface area contributed by atoms with E-state index in [1.165, 1.54) is 16.4 Å². The van der Waals surface area contributed by atoms with Crippen molar-refractivity contribution >= 4 is 44.1 Å². The van der Waals surface area contributed by atoms with Gasteiger partial charge in [0.25, 0.3) is 0 Å². The standard InChI is InChI=1S/C24H22Cl2N4O4S/c1-15-11-20(29-10-8-27-14-29)17-3-2-4-21(24(17)28-15)34-13-18-19(25)5-6-22(23(18)26)35(32,33)30-9-7-16(31)12-30/h2-6,8,10-11,14,16,31H,7,9,12-13H2,1H3. The summed E-state index contributed by atoms with van der Waals surface area (Å²) in [5.74, 6) is 0.510. The van der Waals surface area contributed by atoms with Gasteiger partial charge in [0, 0.05) is 47.1 Å². The van der Waals surface area contributed by atoms with Gasteiger partial charge in [0.2, 0.25) is 10.0 Å². The molecule has 2 aromatic carbocycles. The molecule has 0 spiro atoms. The van der Waals surface area contributed by atoms with Crippen molar-refractivity contribution < 1.29 is 18.3 Å². The van der Waals surface area contributed by atoms with Gasteiger partial charge in [0.05, 0.1) is 23.1 Å². The molecule has 4 aromatic rings. The molecule has 0 amide bonds. The second-order valence-electron chi connectivity index (χ2n) is 8.34. The van der Waals surface area contributed by atoms with Crippen molar-refractivity contribution in [3.05, 3.63) is 76.4 Å². The van der Waals surface area contributed by atoms with E-state index in [0.29, 0.717) is 28.3 Å². The van der Waals surface area contributed by atoms with E-state index in [0.717, 1.165) is 16.8 Å². The van der Waals surface area contributed by atoms with Crippen molar-refractivity contribution in [3.63, 3.8) is 0 Å². The number of aliphatic hydroxyl groups excluding tert-OH is 1. The number of fused-ring (bicyclic) bond motifs is 1. The molecule has 35 heavy (non-hydrogen) atoms. The minimum absolute atomic E-state index is 0.00220. The van der Waals surface area contributed by atoms with Gasteiger partial charge in [-0.25, -0.2) is 18.4 Å². The number of halogens is 2. The van der Waals surface area contributed by atoms with Crippen LogP contribution in [0.3, 0.4) is 0 Å². The second kappa shape index (κ2) is 9.40. The highest BCUT2D eigenvalue weighted by Crippen LogP contribution is 2.36. The molecule has 1 aliphatic rings. The van der Waals surface area contributed by atoms with Crippen LogP contribution < -0.4 is 4.74 Å². The SMILES string of the molecule is Cc1cc(-n2ccnc2)c2cccc(OCc3c(Cl)ccc(S(=O)(=O)N4CCC(O)C4)c3Cl)c2n1. The molecule has 11 heteroatoms. The molecule has 1 N–H and O–H groups in total. The van der Waals surface area contributed by atoms with E-state index in [-0.39, 0.29) is 29.6 Å². The van der Waals surface area contributed by atoms with Crippen LogP contribution in [0, 0.1) is 6.92 Å². The maximum atomic E-state index is 13.1. The Morgan fingerprint density at radius 3 is 2.77 bits per heavy atom. The number of ether oxygens (including phenoxy) is 1. The highest BCUT2D eigenvalue weighted by Gasteiger charge is 2.34. The fourth-order valence-electron chi connectivity index (χ4n) is 4.19. The molecular formula is C24H22Cl2N4O4S. The van der Waals surface area contributed by atoms with Crippen LogP contribution in [0.25, 0.3) is 16.6 Å². The summed E-state index contributed by atoms with van der Waals surface area (Å²) in [6.07, 6.45) is 4.97. The molecule has 1 saturated heterocycles. The Morgan fingerprint density at radius 1 is 1.23 bits per heavy atom. The second-order valence-corrected chi connectivity index (χ2v) is 11.0. The number of β-amino-alcohol motifs (C(OH)–C–C–N with tert-alkyl or cyclic N) is 1. The molecule has 1 atom stereocenters. The summed E-state index contributed by atoms with van der Waals surface area (Å²) in [4.78, 5) is 8.73. The van der Waals surface area contributed by atoms with Crippen molar-refractivity contribution in [2.24, 2.45) is 0 Å². The molecular weight excluding hydrogens is 511 g/mol. The molecule has 1 unspecified atom stereocenters. The van der Waals surface area contributed by atoms with E-state index >= 15 is 0 Å². The van der Waals surface area contributed by atoms with Gasteiger partial charge in [-0.15, -0.1) is 0 Å². The summed E-state index contributed by atoms with van der Waals surface area (Å²) < 4.78 is 35.5. The van der Waals surface area contributed by atoms with Crippen LogP contribution in [0.2, 0.25) is 10.0 Å². The zero-order valence-electron chi connectivity index (χ0n) is 18.7. The monoisotopic (exact) mass is 532 g/mol. The minimum atomic E-state index is -3.89. The molecule has 0 aliphatic carbocycles. The number of aryl methyl sites for hydroxylation is 1. The van der Waals surface area contributed by atoms with Crippen molar-refractivity contribution in [2.75, 3.05) is 13.1 Å². The highest BCUT2D eigenvalue weighted by molar-refractivity contribution is 7.89. The Kier molecular flexibility index (Phi) is 6.45. The topological polar surface area (TPSA) is 97.6 Å². The number of para-hydroxylation sites is 1. The number of hydrogen-bond acceptors (Lipinski definition) is 6. The van der Waals surface area contributed by atoms with Gasteiger partial charge < -0.3 is 14.4 Å². The number of aromatic nitrogens is 3. The van der Waals surface area contributed by atoms with Crippen LogP contribution in [0.5, 0.6) is 5.75 Å². The van der Waals surface area contributed by atoms with Crippen molar-refractivity contribution in [1.82, 2.24) is 18.8 Å². The lowest BCUT2D eigenvalue weighted by Gasteiger charge is -2.19. The summed E-state index contributed by atoms with van der Waals surface area (Å²) in [6, 6.07) is 10.4. The lowest BCUT2D eigenvalue weighted by Crippen LogP contribution is -2.30. The first kappa shape index (κ1) is 24.0. The molecule has 182 valence electrons. The van der Waals surface area contributed by atoms with Crippen LogP contribution in [0.1, 0.15) is 17.7 Å². The summed E-state index contributed by atoms with van der Waals surface area (Å²) in [6.45, 7) is 2.11. The smallest absolute Gasteiger partial charge is 0.244 e. The van der Waals surface area contributed by atoms with E-state index in [1.54, 1.807) is 18.6 Å². The normalized spacial score (nSPS) is 16.7. The molecule has 0 bridgehead atoms. The van der Waals surface area contributed by atoms with Crippen LogP contribution in [-0.2, 0) is 16.6 Å². The summed E-state index contributed by atoms with van der Waals surface area (Å²) in [7, 11) is -3.89. The third-order valence-corrected chi connectivity index (χ3v) is 8.76. The molecule has 1 aliphatic heterocycles. The Labute approximate surface area is 212 Å². The number of aliphatic hydroxyl groups is 1. The predicted octanol–water partition coefficient (Wildman–Crippen LogP) is 4.37. The number of benzene rings is 2. The Bertz CT molecular complexity index is 1510.